The lowest BCUT2D eigenvalue weighted by Gasteiger charge is -2.44. The maximum absolute atomic E-state index is 2.61. The van der Waals surface area contributed by atoms with E-state index < -0.39 is 0 Å². The average molecular weight is 349 g/mol. The second-order valence-corrected chi connectivity index (χ2v) is 10.4. The molecule has 0 heteroatoms. The van der Waals surface area contributed by atoms with E-state index in [1.54, 1.807) is 6.42 Å². The van der Waals surface area contributed by atoms with E-state index in [0.717, 1.165) is 53.3 Å². The SMILES string of the molecule is CCCCCCC(C(C)C)C(C)C1C(C)C1CC1C(C)CC1CCC. The molecule has 0 saturated heterocycles. The van der Waals surface area contributed by atoms with Crippen LogP contribution in [0.25, 0.3) is 0 Å². The Morgan fingerprint density at radius 2 is 1.60 bits per heavy atom. The van der Waals surface area contributed by atoms with Gasteiger partial charge in [0.05, 0.1) is 0 Å². The standard InChI is InChI=1S/C25H48/c1-8-10-11-12-14-22(17(3)4)19(6)25-20(7)24(25)16-23-18(5)15-21(23)13-9-2/h17-25H,8-16H2,1-7H3. The highest BCUT2D eigenvalue weighted by molar-refractivity contribution is 5.02. The molecule has 2 fully saturated rings. The quantitative estimate of drug-likeness (QED) is 0.312. The minimum Gasteiger partial charge on any atom is -0.0654 e. The van der Waals surface area contributed by atoms with Crippen molar-refractivity contribution in [3.63, 3.8) is 0 Å². The fourth-order valence-corrected chi connectivity index (χ4v) is 6.65. The molecule has 0 aromatic rings. The third-order valence-electron chi connectivity index (χ3n) is 8.38. The molecule has 2 aliphatic carbocycles. The molecule has 0 bridgehead atoms. The molecule has 0 nitrogen and oxygen atoms in total. The fourth-order valence-electron chi connectivity index (χ4n) is 6.65. The minimum absolute atomic E-state index is 0.862. The Labute approximate surface area is 159 Å². The third-order valence-corrected chi connectivity index (χ3v) is 8.38. The van der Waals surface area contributed by atoms with Crippen LogP contribution < -0.4 is 0 Å². The molecule has 25 heavy (non-hydrogen) atoms. The Hall–Kier alpha value is 0. The predicted molar refractivity (Wildman–Crippen MR) is 113 cm³/mol. The largest absolute Gasteiger partial charge is 0.0654 e. The molecular weight excluding hydrogens is 300 g/mol. The van der Waals surface area contributed by atoms with Gasteiger partial charge in [0.15, 0.2) is 0 Å². The summed E-state index contributed by atoms with van der Waals surface area (Å²) in [5, 5.41) is 0. The van der Waals surface area contributed by atoms with Gasteiger partial charge in [-0.05, 0) is 72.5 Å². The lowest BCUT2D eigenvalue weighted by Crippen LogP contribution is -2.35. The molecule has 0 radical (unpaired) electrons. The molecule has 0 N–H and O–H groups in total. The zero-order chi connectivity index (χ0) is 18.6. The normalized spacial score (nSPS) is 37.0. The molecule has 148 valence electrons. The Kier molecular flexibility index (Phi) is 8.35. The van der Waals surface area contributed by atoms with Crippen LogP contribution in [0.4, 0.5) is 0 Å². The molecule has 2 rings (SSSR count). The Bertz CT molecular complexity index is 368. The van der Waals surface area contributed by atoms with E-state index in [1.165, 1.54) is 51.4 Å². The van der Waals surface area contributed by atoms with Crippen LogP contribution >= 0.6 is 0 Å². The number of rotatable bonds is 12. The first-order valence-electron chi connectivity index (χ1n) is 11.9. The van der Waals surface area contributed by atoms with Crippen molar-refractivity contribution in [1.82, 2.24) is 0 Å². The van der Waals surface area contributed by atoms with E-state index in [1.807, 2.05) is 0 Å². The molecule has 0 aromatic carbocycles. The van der Waals surface area contributed by atoms with Crippen molar-refractivity contribution in [3.8, 4) is 0 Å². The molecule has 0 aromatic heterocycles. The fraction of sp³-hybridized carbons (Fsp3) is 1.00. The van der Waals surface area contributed by atoms with Crippen molar-refractivity contribution in [2.75, 3.05) is 0 Å². The summed E-state index contributed by atoms with van der Waals surface area (Å²) in [6, 6.07) is 0. The zero-order valence-corrected chi connectivity index (χ0v) is 18.6. The summed E-state index contributed by atoms with van der Waals surface area (Å²) in [7, 11) is 0. The van der Waals surface area contributed by atoms with Gasteiger partial charge in [-0.1, -0.05) is 87.0 Å². The second-order valence-electron chi connectivity index (χ2n) is 10.4. The van der Waals surface area contributed by atoms with Crippen molar-refractivity contribution in [2.24, 2.45) is 53.3 Å². The van der Waals surface area contributed by atoms with Gasteiger partial charge in [0.25, 0.3) is 0 Å². The average Bonchev–Trinajstić information content (AvgIpc) is 3.21. The van der Waals surface area contributed by atoms with Crippen LogP contribution in [0.5, 0.6) is 0 Å². The summed E-state index contributed by atoms with van der Waals surface area (Å²) in [5.41, 5.74) is 0. The van der Waals surface area contributed by atoms with Gasteiger partial charge in [0, 0.05) is 0 Å². The third kappa shape index (κ3) is 5.26. The van der Waals surface area contributed by atoms with Gasteiger partial charge >= 0.3 is 0 Å². The Balaban J connectivity index is 1.84. The summed E-state index contributed by atoms with van der Waals surface area (Å²) >= 11 is 0. The van der Waals surface area contributed by atoms with Crippen LogP contribution in [0.3, 0.4) is 0 Å². The van der Waals surface area contributed by atoms with Crippen molar-refractivity contribution < 1.29 is 0 Å². The maximum atomic E-state index is 2.61. The van der Waals surface area contributed by atoms with Crippen molar-refractivity contribution >= 4 is 0 Å². The molecule has 0 spiro atoms. The first-order valence-corrected chi connectivity index (χ1v) is 11.9. The summed E-state index contributed by atoms with van der Waals surface area (Å²) in [6.07, 6.45) is 13.1. The van der Waals surface area contributed by atoms with Crippen LogP contribution in [0.2, 0.25) is 0 Å². The topological polar surface area (TPSA) is 0 Å². The van der Waals surface area contributed by atoms with Gasteiger partial charge in [-0.15, -0.1) is 0 Å². The van der Waals surface area contributed by atoms with Crippen LogP contribution in [-0.2, 0) is 0 Å². The minimum atomic E-state index is 0.862. The van der Waals surface area contributed by atoms with Gasteiger partial charge in [0.2, 0.25) is 0 Å². The van der Waals surface area contributed by atoms with E-state index in [-0.39, 0.29) is 0 Å². The Morgan fingerprint density at radius 3 is 2.16 bits per heavy atom. The van der Waals surface area contributed by atoms with Crippen LogP contribution in [0.15, 0.2) is 0 Å². The van der Waals surface area contributed by atoms with Crippen molar-refractivity contribution in [2.45, 2.75) is 106 Å². The van der Waals surface area contributed by atoms with E-state index in [0.29, 0.717) is 0 Å². The van der Waals surface area contributed by atoms with Crippen molar-refractivity contribution in [1.29, 1.82) is 0 Å². The van der Waals surface area contributed by atoms with Gasteiger partial charge in [-0.3, -0.25) is 0 Å². The zero-order valence-electron chi connectivity index (χ0n) is 18.6. The highest BCUT2D eigenvalue weighted by Gasteiger charge is 2.53. The summed E-state index contributed by atoms with van der Waals surface area (Å²) in [4.78, 5) is 0. The predicted octanol–water partition coefficient (Wildman–Crippen LogP) is 8.21. The highest BCUT2D eigenvalue weighted by atomic mass is 14.6. The molecule has 0 aliphatic heterocycles. The summed E-state index contributed by atoms with van der Waals surface area (Å²) in [5.74, 6) is 9.00. The molecule has 0 amide bonds. The van der Waals surface area contributed by atoms with E-state index in [2.05, 4.69) is 48.5 Å². The molecule has 8 unspecified atom stereocenters. The summed E-state index contributed by atoms with van der Waals surface area (Å²) in [6.45, 7) is 17.4. The van der Waals surface area contributed by atoms with Crippen LogP contribution in [0, 0.1) is 53.3 Å². The summed E-state index contributed by atoms with van der Waals surface area (Å²) < 4.78 is 0. The van der Waals surface area contributed by atoms with Gasteiger partial charge in [0.1, 0.15) is 0 Å². The second kappa shape index (κ2) is 9.80. The number of unbranched alkanes of at least 4 members (excludes halogenated alkanes) is 3. The Morgan fingerprint density at radius 1 is 0.880 bits per heavy atom. The molecular formula is C25H48. The lowest BCUT2D eigenvalue weighted by molar-refractivity contribution is 0.0599. The highest BCUT2D eigenvalue weighted by Crippen LogP contribution is 2.60. The first-order chi connectivity index (χ1) is 11.9. The smallest absolute Gasteiger partial charge is 0.0326 e. The van der Waals surface area contributed by atoms with E-state index in [9.17, 15) is 0 Å². The maximum Gasteiger partial charge on any atom is -0.0326 e. The van der Waals surface area contributed by atoms with Crippen LogP contribution in [-0.4, -0.2) is 0 Å². The van der Waals surface area contributed by atoms with Gasteiger partial charge in [-0.2, -0.15) is 0 Å². The first kappa shape index (κ1) is 21.3. The molecule has 8 atom stereocenters. The molecule has 0 heterocycles. The van der Waals surface area contributed by atoms with E-state index in [4.69, 9.17) is 0 Å². The van der Waals surface area contributed by atoms with Gasteiger partial charge in [-0.25, -0.2) is 0 Å². The number of hydrogen-bond donors (Lipinski definition) is 0. The van der Waals surface area contributed by atoms with Gasteiger partial charge < -0.3 is 0 Å². The molecule has 2 saturated carbocycles. The molecule has 2 aliphatic rings. The van der Waals surface area contributed by atoms with Crippen molar-refractivity contribution in [3.05, 3.63) is 0 Å². The lowest BCUT2D eigenvalue weighted by atomic mass is 9.62. The van der Waals surface area contributed by atoms with Crippen LogP contribution in [0.1, 0.15) is 106 Å². The monoisotopic (exact) mass is 348 g/mol. The number of hydrogen-bond acceptors (Lipinski definition) is 0. The van der Waals surface area contributed by atoms with E-state index >= 15 is 0 Å².